The van der Waals surface area contributed by atoms with Crippen molar-refractivity contribution in [2.45, 2.75) is 168 Å². The highest BCUT2D eigenvalue weighted by Gasteiger charge is 2.62. The molecule has 12 heterocycles. The largest absolute Gasteiger partial charge is 0.525 e. The molecule has 9 fully saturated rings. The van der Waals surface area contributed by atoms with E-state index in [-0.39, 0.29) is 106 Å². The van der Waals surface area contributed by atoms with Crippen molar-refractivity contribution in [1.82, 2.24) is 0 Å². The summed E-state index contributed by atoms with van der Waals surface area (Å²) in [5.41, 5.74) is -0.0174. The molecule has 15 aliphatic rings. The molecule has 48 nitrogen and oxygen atoms in total. The number of rotatable bonds is 21. The van der Waals surface area contributed by atoms with Crippen LogP contribution < -0.4 is 70.4 Å². The normalized spacial score (nSPS) is 39.6. The van der Waals surface area contributed by atoms with Gasteiger partial charge in [0.2, 0.25) is 37.5 Å². The summed E-state index contributed by atoms with van der Waals surface area (Å²) in [6.07, 6.45) is -28.3. The molecule has 138 heavy (non-hydrogen) atoms. The third-order valence-electron chi connectivity index (χ3n) is 25.2. The molecule has 0 radical (unpaired) electrons. The smallest absolute Gasteiger partial charge is 0.493 e. The van der Waals surface area contributed by atoms with E-state index in [1.165, 1.54) is 83.9 Å². The number of cyclic esters (lactones) is 3. The topological polar surface area (TPSA) is 622 Å². The summed E-state index contributed by atoms with van der Waals surface area (Å²) in [5, 5.41) is 66.5. The fraction of sp³-hybridized carbons (Fsp3) is 0.552. The van der Waals surface area contributed by atoms with E-state index in [4.69, 9.17) is 159 Å². The van der Waals surface area contributed by atoms with Crippen LogP contribution in [0.15, 0.2) is 72.8 Å². The summed E-state index contributed by atoms with van der Waals surface area (Å²) >= 11 is 0. The Balaban J connectivity index is 0.000000147. The van der Waals surface area contributed by atoms with Gasteiger partial charge in [-0.25, -0.2) is 13.7 Å². The molecule has 0 saturated carbocycles. The molecule has 6 aromatic rings. The van der Waals surface area contributed by atoms with Gasteiger partial charge in [-0.1, -0.05) is 0 Å². The van der Waals surface area contributed by atoms with Crippen molar-refractivity contribution >= 4 is 41.4 Å². The number of phosphoric ester groups is 3. The number of hydrogen-bond acceptors (Lipinski definition) is 42. The van der Waals surface area contributed by atoms with E-state index in [1.54, 1.807) is 13.8 Å². The van der Waals surface area contributed by atoms with E-state index in [0.717, 1.165) is 12.1 Å². The van der Waals surface area contributed by atoms with Crippen LogP contribution in [-0.4, -0.2) is 291 Å². The molecule has 12 N–H and O–H groups in total. The van der Waals surface area contributed by atoms with Crippen molar-refractivity contribution in [3.63, 3.8) is 0 Å². The zero-order chi connectivity index (χ0) is 113. The Bertz CT molecular complexity index is 6570. The van der Waals surface area contributed by atoms with Crippen LogP contribution in [0.3, 0.4) is 0 Å². The Hall–Kier alpha value is -9.54. The maximum Gasteiger partial charge on any atom is 0.525 e. The fourth-order valence-corrected chi connectivity index (χ4v) is 20.6. The first-order valence-corrected chi connectivity index (χ1v) is 46.6. The maximum absolute atomic E-state index is 14.0. The lowest BCUT2D eigenvalue weighted by molar-refractivity contribution is -0.364. The van der Waals surface area contributed by atoms with Crippen LogP contribution in [-0.2, 0) is 99.1 Å². The number of methoxy groups -OCH3 is 6. The molecular weight excluding hydrogens is 1910 g/mol. The lowest BCUT2D eigenvalue weighted by Crippen LogP contribution is -2.63. The molecule has 12 aliphatic heterocycles. The molecule has 51 heteroatoms. The van der Waals surface area contributed by atoms with Gasteiger partial charge in [-0.2, -0.15) is 0 Å². The van der Waals surface area contributed by atoms with Crippen molar-refractivity contribution in [1.29, 1.82) is 0 Å². The zero-order valence-electron chi connectivity index (χ0n) is 90.3. The quantitative estimate of drug-likeness (QED) is 0.0279. The summed E-state index contributed by atoms with van der Waals surface area (Å²) in [6.45, 7) is -9.41. The van der Waals surface area contributed by atoms with Gasteiger partial charge in [0, 0.05) is 38.2 Å². The average molecular weight is 2020 g/mol. The van der Waals surface area contributed by atoms with Crippen molar-refractivity contribution in [2.24, 2.45) is 35.5 Å². The second kappa shape index (κ2) is 38.4. The molecule has 0 amide bonds. The van der Waals surface area contributed by atoms with Crippen LogP contribution >= 0.6 is 23.5 Å². The van der Waals surface area contributed by atoms with E-state index in [0.29, 0.717) is 28.8 Å². The maximum atomic E-state index is 14.0. The first-order valence-electron chi connectivity index (χ1n) is 51.0. The minimum Gasteiger partial charge on any atom is -0.493 e. The van der Waals surface area contributed by atoms with Crippen LogP contribution in [0.5, 0.6) is 86.2 Å². The van der Waals surface area contributed by atoms with E-state index in [2.05, 4.69) is 4.52 Å². The van der Waals surface area contributed by atoms with E-state index < -0.39 is 311 Å². The van der Waals surface area contributed by atoms with Gasteiger partial charge in [0.15, 0.2) is 107 Å². The van der Waals surface area contributed by atoms with Crippen molar-refractivity contribution < 1.29 is 254 Å². The van der Waals surface area contributed by atoms with Gasteiger partial charge in [0.1, 0.15) is 81.5 Å². The lowest BCUT2D eigenvalue weighted by atomic mass is 9.66. The highest BCUT2D eigenvalue weighted by Crippen LogP contribution is 2.64. The number of fused-ring (bicyclic) bond motifs is 12. The van der Waals surface area contributed by atoms with Crippen LogP contribution in [0.1, 0.15) is 132 Å². The van der Waals surface area contributed by atoms with Gasteiger partial charge in [0.25, 0.3) is 0 Å². The third-order valence-corrected chi connectivity index (χ3v) is 26.5. The summed E-state index contributed by atoms with van der Waals surface area (Å²) in [4.78, 5) is 98.6. The van der Waals surface area contributed by atoms with Crippen molar-refractivity contribution in [3.05, 3.63) is 123 Å². The highest BCUT2D eigenvalue weighted by molar-refractivity contribution is 7.47. The SMILES string of the molecule is [2H]C([2H])([2H])Oc1cc([C@]2([2H])c3cc4c(cc3[C@@H](O[C@@H]3O[C@H]5[C@@H](O[C@H](C)OC5([2H])[2H])[C@H](O)[C@H]3O)[C@@H]3[C@@H]2C(=O)OC3([2H])[2H])OC([2H])([2H])O4)cc(OC([2H])([2H])[2H])c1OP(=O)(O)O.[2H]C1([2H])Oc2cc3c(cc2O1)[C@@H](O[C@@H]1O[C@@H]2CO[C@@H](C)O[C@H]2[C@H](O)[C@H]1O)[C@H]1COC(=O)[C@@H]1[C@@H]3c1cc(OC)c(OP(=O)(O)O)c(OC)c1.[2H]C1([2H])Oc2cc3c(cc2O1)[C@@]([2H])(c1cc(OC)c(OP(=O)(O)O)c(OC)c1)[C@H]1C(=O)OC[C@@H]1[C@@H]3O[C@@H]1O[C@@H]2CO[C@@H](C)O[C@H]2[C@H](O)[C@H]1O. The summed E-state index contributed by atoms with van der Waals surface area (Å²) < 4.78 is 348. The Labute approximate surface area is 808 Å². The second-order valence-electron chi connectivity index (χ2n) is 33.2. The van der Waals surface area contributed by atoms with Crippen LogP contribution in [0.4, 0.5) is 0 Å². The third kappa shape index (κ3) is 18.3. The number of phosphoric acid groups is 3. The molecule has 9 saturated heterocycles. The van der Waals surface area contributed by atoms with Crippen molar-refractivity contribution in [3.8, 4) is 86.2 Å². The molecule has 21 rings (SSSR count). The molecule has 750 valence electrons. The van der Waals surface area contributed by atoms with Crippen molar-refractivity contribution in [2.75, 3.05) is 102 Å². The molecule has 0 unspecified atom stereocenters. The molecule has 0 bridgehead atoms. The number of carbonyl (C=O) groups excluding carboxylic acids is 3. The Morgan fingerprint density at radius 1 is 0.348 bits per heavy atom. The summed E-state index contributed by atoms with van der Waals surface area (Å²) in [7, 11) is -17.9. The monoisotopic (exact) mass is 2020 g/mol. The van der Waals surface area contributed by atoms with E-state index in [9.17, 15) is 90.8 Å². The van der Waals surface area contributed by atoms with Crippen LogP contribution in [0, 0.1) is 35.5 Å². The molecular formula is C87H99O48P3. The van der Waals surface area contributed by atoms with Crippen LogP contribution in [0.25, 0.3) is 0 Å². The Morgan fingerprint density at radius 2 is 0.659 bits per heavy atom. The van der Waals surface area contributed by atoms with E-state index in [1.807, 2.05) is 0 Å². The number of benzene rings is 6. The van der Waals surface area contributed by atoms with Gasteiger partial charge in [-0.3, -0.25) is 43.7 Å². The zero-order valence-corrected chi connectivity index (χ0v) is 75.0. The lowest BCUT2D eigenvalue weighted by Gasteiger charge is -2.47. The number of ether oxygens (including phenoxy) is 27. The predicted molar refractivity (Wildman–Crippen MR) is 448 cm³/mol. The second-order valence-corrected chi connectivity index (χ2v) is 36.7. The first kappa shape index (κ1) is 77.2. The minimum absolute atomic E-state index is 0.0272. The van der Waals surface area contributed by atoms with Gasteiger partial charge in [0.05, 0.1) is 132 Å². The number of hydrogen-bond donors (Lipinski definition) is 12. The standard InChI is InChI=1S/3C29H33O16P/c3*1-11-38-9-20-27(42-11)23(30)24(31)29(43-20)44-25-14-7-17-16(40-10-41-17)6-13(14)21(22-15(25)8-39-28(22)32)12-4-18(36-2)26(19(5-12)37-3)45-46(33,34)35/h3*4-7,11,15,20-25,27,29-31H,8-10H2,1-3H3,(H2,33,34,35)/t3*11-,15+,20-,21-,22+,23-,24-,25-,27-,29+/m111/s1/i2D3,3D3,8D2,9D2,10D2,21D;10D2,21D;10D2. The molecule has 3 aliphatic carbocycles. The molecule has 30 atom stereocenters. The Morgan fingerprint density at radius 3 is 1.04 bits per heavy atom. The van der Waals surface area contributed by atoms with Crippen LogP contribution in [0.2, 0.25) is 0 Å². The predicted octanol–water partition coefficient (Wildman–Crippen LogP) is 3.31. The number of aliphatic hydroxyl groups excluding tert-OH is 6. The number of aliphatic hydroxyl groups is 6. The Kier molecular flexibility index (Phi) is 21.5. The fourth-order valence-electron chi connectivity index (χ4n) is 19.3. The molecule has 0 aromatic heterocycles. The highest BCUT2D eigenvalue weighted by atomic mass is 31.2. The summed E-state index contributed by atoms with van der Waals surface area (Å²) in [5.74, 6) is -22.9. The average Bonchev–Trinajstić information content (AvgIpc) is 1.46. The molecule has 0 spiro atoms. The van der Waals surface area contributed by atoms with E-state index >= 15 is 0 Å². The van der Waals surface area contributed by atoms with Gasteiger partial charge in [-0.15, -0.1) is 0 Å². The molecule has 6 aromatic carbocycles. The number of carbonyl (C=O) groups is 3. The van der Waals surface area contributed by atoms with Gasteiger partial charge in [-0.05, 0) is 144 Å². The first-order chi connectivity index (χ1) is 72.5. The minimum atomic E-state index is -5.68. The number of esters is 3. The summed E-state index contributed by atoms with van der Waals surface area (Å²) in [6, 6.07) is 14.3. The van der Waals surface area contributed by atoms with Gasteiger partial charge >= 0.3 is 41.4 Å². The van der Waals surface area contributed by atoms with Gasteiger partial charge < -0.3 is 172 Å².